The molecule has 0 unspecified atom stereocenters. The topological polar surface area (TPSA) is 51.9 Å². The van der Waals surface area contributed by atoms with Crippen LogP contribution in [0.4, 0.5) is 4.39 Å². The van der Waals surface area contributed by atoms with Crippen LogP contribution in [0.5, 0.6) is 5.88 Å². The summed E-state index contributed by atoms with van der Waals surface area (Å²) < 4.78 is 26.9. The van der Waals surface area contributed by atoms with E-state index in [2.05, 4.69) is 9.88 Å². The Morgan fingerprint density at radius 1 is 0.935 bits per heavy atom. The second-order valence-corrected chi connectivity index (χ2v) is 7.43. The van der Waals surface area contributed by atoms with E-state index >= 15 is 0 Å². The minimum Gasteiger partial charge on any atom is -0.476 e. The van der Waals surface area contributed by atoms with Crippen LogP contribution >= 0.6 is 0 Å². The van der Waals surface area contributed by atoms with Gasteiger partial charge < -0.3 is 9.47 Å². The van der Waals surface area contributed by atoms with Crippen LogP contribution in [0, 0.1) is 5.82 Å². The first kappa shape index (κ1) is 19.7. The average molecular weight is 418 g/mol. The van der Waals surface area contributed by atoms with E-state index in [0.29, 0.717) is 12.5 Å². The highest BCUT2D eigenvalue weighted by Gasteiger charge is 2.19. The number of ether oxygens (including phenoxy) is 2. The maximum Gasteiger partial charge on any atom is 0.215 e. The number of rotatable bonds is 6. The first-order valence-electron chi connectivity index (χ1n) is 10.4. The Hall–Kier alpha value is -3.29. The Labute approximate surface area is 179 Å². The van der Waals surface area contributed by atoms with Gasteiger partial charge in [-0.25, -0.2) is 4.39 Å². The van der Waals surface area contributed by atoms with Crippen LogP contribution in [0.3, 0.4) is 0 Å². The van der Waals surface area contributed by atoms with Crippen LogP contribution in [0.15, 0.2) is 67.0 Å². The molecule has 0 amide bonds. The summed E-state index contributed by atoms with van der Waals surface area (Å²) in [4.78, 5) is 6.47. The molecular formula is C24H23FN4O2. The largest absolute Gasteiger partial charge is 0.476 e. The van der Waals surface area contributed by atoms with Gasteiger partial charge in [0, 0.05) is 49.2 Å². The number of morpholine rings is 1. The summed E-state index contributed by atoms with van der Waals surface area (Å²) in [5, 5.41) is 4.87. The van der Waals surface area contributed by atoms with Crippen molar-refractivity contribution >= 4 is 5.52 Å². The lowest BCUT2D eigenvalue weighted by Crippen LogP contribution is -2.38. The van der Waals surface area contributed by atoms with Crippen molar-refractivity contribution in [2.45, 2.75) is 0 Å². The van der Waals surface area contributed by atoms with E-state index in [1.807, 2.05) is 34.8 Å². The number of pyridine rings is 2. The standard InChI is InChI=1S/C24H23FN4O2/c25-20-6-4-19(5-7-20)24-23(18-8-10-26-11-9-18)21-2-1-3-22(29(21)27-24)31-17-14-28-12-15-30-16-13-28/h1-11H,12-17H2. The van der Waals surface area contributed by atoms with Gasteiger partial charge in [0.15, 0.2) is 0 Å². The Bertz CT molecular complexity index is 1160. The van der Waals surface area contributed by atoms with Crippen molar-refractivity contribution in [1.82, 2.24) is 19.5 Å². The second kappa shape index (κ2) is 8.83. The van der Waals surface area contributed by atoms with E-state index in [4.69, 9.17) is 14.6 Å². The summed E-state index contributed by atoms with van der Waals surface area (Å²) in [6.07, 6.45) is 3.52. The minimum atomic E-state index is -0.273. The molecule has 4 heterocycles. The van der Waals surface area contributed by atoms with Crippen LogP contribution in [-0.2, 0) is 4.74 Å². The first-order chi connectivity index (χ1) is 15.3. The lowest BCUT2D eigenvalue weighted by Gasteiger charge is -2.26. The number of fused-ring (bicyclic) bond motifs is 1. The molecule has 0 spiro atoms. The molecule has 4 aromatic rings. The summed E-state index contributed by atoms with van der Waals surface area (Å²) in [6.45, 7) is 4.79. The van der Waals surface area contributed by atoms with Crippen LogP contribution < -0.4 is 4.74 Å². The molecule has 3 aromatic heterocycles. The monoisotopic (exact) mass is 418 g/mol. The third-order valence-corrected chi connectivity index (χ3v) is 5.47. The molecule has 0 saturated carbocycles. The Kier molecular flexibility index (Phi) is 5.60. The number of aromatic nitrogens is 3. The first-order valence-corrected chi connectivity index (χ1v) is 10.4. The lowest BCUT2D eigenvalue weighted by molar-refractivity contribution is 0.0318. The normalized spacial score (nSPS) is 14.7. The van der Waals surface area contributed by atoms with Gasteiger partial charge in [0.05, 0.1) is 18.7 Å². The highest BCUT2D eigenvalue weighted by atomic mass is 19.1. The van der Waals surface area contributed by atoms with Gasteiger partial charge in [-0.3, -0.25) is 9.88 Å². The van der Waals surface area contributed by atoms with Crippen molar-refractivity contribution in [2.75, 3.05) is 39.5 Å². The fourth-order valence-electron chi connectivity index (χ4n) is 3.87. The van der Waals surface area contributed by atoms with Gasteiger partial charge in [0.2, 0.25) is 5.88 Å². The molecule has 7 heteroatoms. The number of nitrogens with zero attached hydrogens (tertiary/aromatic N) is 4. The predicted molar refractivity (Wildman–Crippen MR) is 117 cm³/mol. The SMILES string of the molecule is Fc1ccc(-c2nn3c(OCCN4CCOCC4)cccc3c2-c2ccncc2)cc1. The van der Waals surface area contributed by atoms with Crippen molar-refractivity contribution in [2.24, 2.45) is 0 Å². The minimum absolute atomic E-state index is 0.273. The zero-order valence-corrected chi connectivity index (χ0v) is 17.1. The van der Waals surface area contributed by atoms with E-state index < -0.39 is 0 Å². The van der Waals surface area contributed by atoms with Gasteiger partial charge in [0.1, 0.15) is 18.1 Å². The molecule has 1 saturated heterocycles. The third kappa shape index (κ3) is 4.15. The van der Waals surface area contributed by atoms with E-state index in [1.165, 1.54) is 12.1 Å². The molecule has 1 aliphatic heterocycles. The highest BCUT2D eigenvalue weighted by molar-refractivity contribution is 5.92. The average Bonchev–Trinajstić information content (AvgIpc) is 3.21. The molecule has 31 heavy (non-hydrogen) atoms. The molecule has 1 fully saturated rings. The number of hydrogen-bond donors (Lipinski definition) is 0. The molecule has 6 nitrogen and oxygen atoms in total. The molecule has 0 N–H and O–H groups in total. The van der Waals surface area contributed by atoms with Crippen LogP contribution in [0.1, 0.15) is 0 Å². The van der Waals surface area contributed by atoms with Crippen molar-refractivity contribution in [1.29, 1.82) is 0 Å². The van der Waals surface area contributed by atoms with Crippen LogP contribution in [0.25, 0.3) is 27.9 Å². The Morgan fingerprint density at radius 3 is 2.48 bits per heavy atom. The molecule has 158 valence electrons. The summed E-state index contributed by atoms with van der Waals surface area (Å²) in [5.41, 5.74) is 4.50. The maximum absolute atomic E-state index is 13.5. The number of benzene rings is 1. The van der Waals surface area contributed by atoms with Gasteiger partial charge in [0.25, 0.3) is 0 Å². The number of hydrogen-bond acceptors (Lipinski definition) is 5. The Balaban J connectivity index is 1.52. The highest BCUT2D eigenvalue weighted by Crippen LogP contribution is 2.36. The summed E-state index contributed by atoms with van der Waals surface area (Å²) >= 11 is 0. The van der Waals surface area contributed by atoms with Gasteiger partial charge in [-0.05, 0) is 48.0 Å². The van der Waals surface area contributed by atoms with Crippen molar-refractivity contribution < 1.29 is 13.9 Å². The molecule has 0 atom stereocenters. The van der Waals surface area contributed by atoms with Crippen molar-refractivity contribution in [3.63, 3.8) is 0 Å². The van der Waals surface area contributed by atoms with E-state index in [0.717, 1.165) is 60.7 Å². The van der Waals surface area contributed by atoms with E-state index in [-0.39, 0.29) is 5.82 Å². The fourth-order valence-corrected chi connectivity index (χ4v) is 3.87. The molecule has 0 aliphatic carbocycles. The molecule has 0 radical (unpaired) electrons. The number of halogens is 1. The zero-order valence-electron chi connectivity index (χ0n) is 17.1. The summed E-state index contributed by atoms with van der Waals surface area (Å²) in [5.74, 6) is 0.402. The zero-order chi connectivity index (χ0) is 21.0. The molecule has 0 bridgehead atoms. The third-order valence-electron chi connectivity index (χ3n) is 5.47. The van der Waals surface area contributed by atoms with E-state index in [1.54, 1.807) is 24.5 Å². The van der Waals surface area contributed by atoms with Crippen LogP contribution in [0.2, 0.25) is 0 Å². The van der Waals surface area contributed by atoms with Crippen molar-refractivity contribution in [3.05, 3.63) is 72.8 Å². The van der Waals surface area contributed by atoms with Gasteiger partial charge in [-0.15, -0.1) is 0 Å². The van der Waals surface area contributed by atoms with Gasteiger partial charge in [-0.1, -0.05) is 6.07 Å². The Morgan fingerprint density at radius 2 is 1.71 bits per heavy atom. The second-order valence-electron chi connectivity index (χ2n) is 7.43. The molecule has 1 aromatic carbocycles. The lowest BCUT2D eigenvalue weighted by atomic mass is 10.0. The quantitative estimate of drug-likeness (QED) is 0.475. The summed E-state index contributed by atoms with van der Waals surface area (Å²) in [6, 6.07) is 16.2. The van der Waals surface area contributed by atoms with Gasteiger partial charge in [-0.2, -0.15) is 9.61 Å². The van der Waals surface area contributed by atoms with Gasteiger partial charge >= 0.3 is 0 Å². The summed E-state index contributed by atoms with van der Waals surface area (Å²) in [7, 11) is 0. The van der Waals surface area contributed by atoms with Crippen LogP contribution in [-0.4, -0.2) is 59.0 Å². The van der Waals surface area contributed by atoms with E-state index in [9.17, 15) is 4.39 Å². The fraction of sp³-hybridized carbons (Fsp3) is 0.250. The molecule has 5 rings (SSSR count). The predicted octanol–water partition coefficient (Wildman–Crippen LogP) is 3.91. The van der Waals surface area contributed by atoms with Crippen molar-refractivity contribution in [3.8, 4) is 28.3 Å². The maximum atomic E-state index is 13.5. The molecular weight excluding hydrogens is 395 g/mol. The smallest absolute Gasteiger partial charge is 0.215 e. The molecule has 1 aliphatic rings.